The number of nitrogens with zero attached hydrogens (tertiary/aromatic N) is 4. The van der Waals surface area contributed by atoms with Crippen LogP contribution in [0.2, 0.25) is 0 Å². The van der Waals surface area contributed by atoms with Crippen molar-refractivity contribution in [3.05, 3.63) is 71.5 Å². The summed E-state index contributed by atoms with van der Waals surface area (Å²) in [5.41, 5.74) is 3.16. The lowest BCUT2D eigenvalue weighted by Gasteiger charge is -2.36. The topological polar surface area (TPSA) is 78.7 Å². The summed E-state index contributed by atoms with van der Waals surface area (Å²) in [7, 11) is 0. The van der Waals surface area contributed by atoms with Crippen LogP contribution in [0.5, 0.6) is 5.75 Å². The van der Waals surface area contributed by atoms with Gasteiger partial charge in [0.25, 0.3) is 11.7 Å². The summed E-state index contributed by atoms with van der Waals surface area (Å²) in [6.45, 7) is 5.51. The van der Waals surface area contributed by atoms with Crippen molar-refractivity contribution in [1.82, 2.24) is 14.7 Å². The Morgan fingerprint density at radius 2 is 1.53 bits per heavy atom. The molecule has 0 spiro atoms. The molecule has 0 bridgehead atoms. The molecule has 30 heavy (non-hydrogen) atoms. The highest BCUT2D eigenvalue weighted by molar-refractivity contribution is 6.43. The first-order valence-electron chi connectivity index (χ1n) is 9.95. The molecule has 1 fully saturated rings. The van der Waals surface area contributed by atoms with E-state index in [0.29, 0.717) is 43.1 Å². The van der Waals surface area contributed by atoms with Crippen LogP contribution in [0.15, 0.2) is 54.6 Å². The maximum absolute atomic E-state index is 13.0. The molecule has 2 heterocycles. The van der Waals surface area contributed by atoms with E-state index in [1.165, 1.54) is 0 Å². The van der Waals surface area contributed by atoms with Crippen molar-refractivity contribution in [2.24, 2.45) is 0 Å². The summed E-state index contributed by atoms with van der Waals surface area (Å²) in [6, 6.07) is 16.7. The maximum Gasteiger partial charge on any atom is 0.295 e. The molecule has 3 aromatic rings. The van der Waals surface area contributed by atoms with Crippen LogP contribution in [0.4, 0.5) is 5.69 Å². The largest absolute Gasteiger partial charge is 0.506 e. The van der Waals surface area contributed by atoms with E-state index < -0.39 is 11.7 Å². The van der Waals surface area contributed by atoms with Gasteiger partial charge in [-0.2, -0.15) is 5.10 Å². The normalized spacial score (nSPS) is 14.1. The number of amides is 1. The number of aromatic hydroxyl groups is 1. The molecule has 2 aromatic carbocycles. The Bertz CT molecular complexity index is 1080. The van der Waals surface area contributed by atoms with E-state index in [0.717, 1.165) is 11.4 Å². The number of aromatic nitrogens is 2. The van der Waals surface area contributed by atoms with Crippen LogP contribution in [-0.4, -0.2) is 57.7 Å². The molecule has 1 N–H and O–H groups in total. The summed E-state index contributed by atoms with van der Waals surface area (Å²) < 4.78 is 1.70. The van der Waals surface area contributed by atoms with Crippen molar-refractivity contribution in [3.8, 4) is 11.4 Å². The van der Waals surface area contributed by atoms with E-state index in [-0.39, 0.29) is 5.75 Å². The number of carbonyl (C=O) groups is 2. The van der Waals surface area contributed by atoms with Crippen LogP contribution in [0, 0.1) is 13.8 Å². The van der Waals surface area contributed by atoms with Gasteiger partial charge in [0.2, 0.25) is 0 Å². The van der Waals surface area contributed by atoms with Gasteiger partial charge in [-0.25, -0.2) is 4.68 Å². The molecule has 7 nitrogen and oxygen atoms in total. The number of benzene rings is 2. The third-order valence-electron chi connectivity index (χ3n) is 5.50. The molecule has 1 aliphatic heterocycles. The Hall–Kier alpha value is -3.61. The van der Waals surface area contributed by atoms with Crippen molar-refractivity contribution < 1.29 is 14.7 Å². The lowest BCUT2D eigenvalue weighted by molar-refractivity contribution is -0.126. The summed E-state index contributed by atoms with van der Waals surface area (Å²) in [4.78, 5) is 29.6. The third-order valence-corrected chi connectivity index (χ3v) is 5.50. The van der Waals surface area contributed by atoms with Crippen LogP contribution in [0.1, 0.15) is 21.7 Å². The third kappa shape index (κ3) is 3.54. The van der Waals surface area contributed by atoms with Gasteiger partial charge >= 0.3 is 0 Å². The summed E-state index contributed by atoms with van der Waals surface area (Å²) in [6.07, 6.45) is 0. The second-order valence-corrected chi connectivity index (χ2v) is 7.39. The Labute approximate surface area is 175 Å². The fourth-order valence-electron chi connectivity index (χ4n) is 3.92. The first-order valence-corrected chi connectivity index (χ1v) is 9.95. The number of carbonyl (C=O) groups excluding carboxylic acids is 2. The average molecular weight is 404 g/mol. The number of rotatable bonds is 4. The maximum atomic E-state index is 13.0. The molecule has 1 aromatic heterocycles. The summed E-state index contributed by atoms with van der Waals surface area (Å²) in [5, 5.41) is 14.5. The Kier molecular flexibility index (Phi) is 5.27. The van der Waals surface area contributed by atoms with E-state index in [2.05, 4.69) is 5.10 Å². The highest BCUT2D eigenvalue weighted by atomic mass is 16.3. The molecule has 4 rings (SSSR count). The Morgan fingerprint density at radius 1 is 0.900 bits per heavy atom. The quantitative estimate of drug-likeness (QED) is 0.534. The van der Waals surface area contributed by atoms with Gasteiger partial charge < -0.3 is 14.9 Å². The molecule has 0 unspecified atom stereocenters. The standard InChI is InChI=1S/C23H24N4O3/c1-16-21(17(2)27(24-16)18-8-4-3-5-9-18)22(29)23(30)26-14-12-25(13-15-26)19-10-6-7-11-20(19)28/h3-11,28H,12-15H2,1-2H3. The number of aryl methyl sites for hydroxylation is 1. The highest BCUT2D eigenvalue weighted by Gasteiger charge is 2.31. The van der Waals surface area contributed by atoms with Crippen molar-refractivity contribution >= 4 is 17.4 Å². The fourth-order valence-corrected chi connectivity index (χ4v) is 3.92. The number of anilines is 1. The Balaban J connectivity index is 1.49. The molecule has 0 atom stereocenters. The van der Waals surface area contributed by atoms with E-state index in [1.54, 1.807) is 28.6 Å². The van der Waals surface area contributed by atoms with E-state index in [9.17, 15) is 14.7 Å². The highest BCUT2D eigenvalue weighted by Crippen LogP contribution is 2.27. The second-order valence-electron chi connectivity index (χ2n) is 7.39. The van der Waals surface area contributed by atoms with Crippen molar-refractivity contribution in [2.75, 3.05) is 31.1 Å². The summed E-state index contributed by atoms with van der Waals surface area (Å²) >= 11 is 0. The van der Waals surface area contributed by atoms with Crippen molar-refractivity contribution in [3.63, 3.8) is 0 Å². The van der Waals surface area contributed by atoms with Crippen molar-refractivity contribution in [2.45, 2.75) is 13.8 Å². The first kappa shape index (κ1) is 19.7. The zero-order chi connectivity index (χ0) is 21.3. The van der Waals surface area contributed by atoms with Gasteiger partial charge in [0, 0.05) is 26.2 Å². The molecule has 0 saturated carbocycles. The van der Waals surface area contributed by atoms with Crippen LogP contribution in [-0.2, 0) is 4.79 Å². The number of phenolic OH excluding ortho intramolecular Hbond substituents is 1. The van der Waals surface area contributed by atoms with E-state index >= 15 is 0 Å². The van der Waals surface area contributed by atoms with Gasteiger partial charge in [0.15, 0.2) is 0 Å². The lowest BCUT2D eigenvalue weighted by atomic mass is 10.1. The molecule has 1 amide bonds. The number of para-hydroxylation sites is 3. The van der Waals surface area contributed by atoms with Gasteiger partial charge in [0.05, 0.1) is 28.3 Å². The molecular weight excluding hydrogens is 380 g/mol. The number of ketones is 1. The Morgan fingerprint density at radius 3 is 2.20 bits per heavy atom. The lowest BCUT2D eigenvalue weighted by Crippen LogP contribution is -2.50. The molecule has 154 valence electrons. The molecule has 0 aliphatic carbocycles. The molecule has 1 aliphatic rings. The average Bonchev–Trinajstić information content (AvgIpc) is 3.08. The number of Topliss-reactive ketones (excluding diaryl/α,β-unsaturated/α-hetero) is 1. The first-order chi connectivity index (χ1) is 14.5. The van der Waals surface area contributed by atoms with Gasteiger partial charge in [-0.05, 0) is 38.1 Å². The zero-order valence-electron chi connectivity index (χ0n) is 17.1. The van der Waals surface area contributed by atoms with E-state index in [1.807, 2.05) is 54.3 Å². The number of piperazine rings is 1. The van der Waals surface area contributed by atoms with Crippen LogP contribution >= 0.6 is 0 Å². The minimum Gasteiger partial charge on any atom is -0.506 e. The molecule has 1 saturated heterocycles. The fraction of sp³-hybridized carbons (Fsp3) is 0.261. The van der Waals surface area contributed by atoms with Gasteiger partial charge in [-0.1, -0.05) is 30.3 Å². The number of hydrogen-bond acceptors (Lipinski definition) is 5. The molecule has 7 heteroatoms. The number of hydrogen-bond donors (Lipinski definition) is 1. The van der Waals surface area contributed by atoms with Crippen LogP contribution in [0.3, 0.4) is 0 Å². The minimum absolute atomic E-state index is 0.216. The zero-order valence-corrected chi connectivity index (χ0v) is 17.1. The molecule has 0 radical (unpaired) electrons. The van der Waals surface area contributed by atoms with Gasteiger partial charge in [0.1, 0.15) is 5.75 Å². The molecular formula is C23H24N4O3. The monoisotopic (exact) mass is 404 g/mol. The number of phenols is 1. The van der Waals surface area contributed by atoms with Crippen molar-refractivity contribution in [1.29, 1.82) is 0 Å². The van der Waals surface area contributed by atoms with Crippen LogP contribution < -0.4 is 4.90 Å². The minimum atomic E-state index is -0.525. The second kappa shape index (κ2) is 8.02. The smallest absolute Gasteiger partial charge is 0.295 e. The van der Waals surface area contributed by atoms with Gasteiger partial charge in [-0.3, -0.25) is 9.59 Å². The predicted octanol–water partition coefficient (Wildman–Crippen LogP) is 2.73. The van der Waals surface area contributed by atoms with Crippen LogP contribution in [0.25, 0.3) is 5.69 Å². The predicted molar refractivity (Wildman–Crippen MR) is 114 cm³/mol. The summed E-state index contributed by atoms with van der Waals surface area (Å²) in [5.74, 6) is -0.818. The van der Waals surface area contributed by atoms with E-state index in [4.69, 9.17) is 0 Å². The SMILES string of the molecule is Cc1nn(-c2ccccc2)c(C)c1C(=O)C(=O)N1CCN(c2ccccc2O)CC1. The van der Waals surface area contributed by atoms with Gasteiger partial charge in [-0.15, -0.1) is 0 Å².